The first-order chi connectivity index (χ1) is 12.2. The van der Waals surface area contributed by atoms with Crippen molar-refractivity contribution >= 4 is 16.1 Å². The fourth-order valence-corrected chi connectivity index (χ4v) is 2.66. The van der Waals surface area contributed by atoms with Crippen LogP contribution in [0, 0.1) is 18.8 Å². The van der Waals surface area contributed by atoms with E-state index in [1.54, 1.807) is 12.1 Å². The van der Waals surface area contributed by atoms with Crippen LogP contribution in [0.2, 0.25) is 0 Å². The molecule has 7 heteroatoms. The highest BCUT2D eigenvalue weighted by molar-refractivity contribution is 7.92. The lowest BCUT2D eigenvalue weighted by Gasteiger charge is -2.05. The zero-order chi connectivity index (χ0) is 19.2. The average Bonchev–Trinajstić information content (AvgIpc) is 2.58. The normalized spacial score (nSPS) is 12.0. The van der Waals surface area contributed by atoms with E-state index >= 15 is 0 Å². The second-order valence-electron chi connectivity index (χ2n) is 5.46. The Kier molecular flexibility index (Phi) is 6.24. The van der Waals surface area contributed by atoms with Crippen LogP contribution in [0.15, 0.2) is 53.9 Å². The third kappa shape index (κ3) is 6.39. The van der Waals surface area contributed by atoms with E-state index in [9.17, 15) is 21.6 Å². The monoisotopic (exact) mass is 379 g/mol. The predicted molar refractivity (Wildman–Crippen MR) is 95.5 cm³/mol. The maximum Gasteiger partial charge on any atom is 0.416 e. The minimum Gasteiger partial charge on any atom is -0.208 e. The highest BCUT2D eigenvalue weighted by atomic mass is 32.2. The first kappa shape index (κ1) is 19.8. The van der Waals surface area contributed by atoms with Gasteiger partial charge in [0.05, 0.1) is 12.1 Å². The van der Waals surface area contributed by atoms with Gasteiger partial charge in [0, 0.05) is 11.0 Å². The quantitative estimate of drug-likeness (QED) is 0.818. The van der Waals surface area contributed by atoms with Crippen molar-refractivity contribution in [2.45, 2.75) is 13.1 Å². The molecule has 136 valence electrons. The van der Waals surface area contributed by atoms with E-state index in [-0.39, 0.29) is 12.1 Å². The summed E-state index contributed by atoms with van der Waals surface area (Å²) in [4.78, 5) is 0. The molecule has 3 nitrogen and oxygen atoms in total. The highest BCUT2D eigenvalue weighted by Crippen LogP contribution is 2.29. The van der Waals surface area contributed by atoms with Crippen molar-refractivity contribution in [3.8, 4) is 11.8 Å². The number of aryl methyl sites for hydroxylation is 1. The van der Waals surface area contributed by atoms with Crippen LogP contribution in [0.4, 0.5) is 13.2 Å². The van der Waals surface area contributed by atoms with Crippen molar-refractivity contribution in [2.24, 2.45) is 0 Å². The van der Waals surface area contributed by atoms with E-state index in [1.807, 2.05) is 19.1 Å². The molecule has 0 aliphatic carbocycles. The summed E-state index contributed by atoms with van der Waals surface area (Å²) in [5.41, 5.74) is 1.16. The minimum atomic E-state index is -4.44. The lowest BCUT2D eigenvalue weighted by atomic mass is 10.1. The van der Waals surface area contributed by atoms with E-state index in [1.165, 1.54) is 18.2 Å². The van der Waals surface area contributed by atoms with Gasteiger partial charge in [0.15, 0.2) is 0 Å². The number of sulfonamides is 1. The molecule has 2 rings (SSSR count). The zero-order valence-corrected chi connectivity index (χ0v) is 14.7. The van der Waals surface area contributed by atoms with Crippen LogP contribution < -0.4 is 4.72 Å². The van der Waals surface area contributed by atoms with E-state index in [4.69, 9.17) is 0 Å². The molecule has 0 radical (unpaired) electrons. The van der Waals surface area contributed by atoms with Gasteiger partial charge in [0.1, 0.15) is 0 Å². The van der Waals surface area contributed by atoms with Crippen LogP contribution in [-0.2, 0) is 16.2 Å². The minimum absolute atomic E-state index is 0.161. The van der Waals surface area contributed by atoms with Gasteiger partial charge in [-0.2, -0.15) is 17.9 Å². The lowest BCUT2D eigenvalue weighted by molar-refractivity contribution is -0.137. The second-order valence-corrected chi connectivity index (χ2v) is 7.11. The third-order valence-electron chi connectivity index (χ3n) is 3.30. The van der Waals surface area contributed by atoms with Crippen LogP contribution in [-0.4, -0.2) is 15.0 Å². The highest BCUT2D eigenvalue weighted by Gasteiger charge is 2.30. The molecule has 0 aliphatic heterocycles. The number of rotatable bonds is 4. The topological polar surface area (TPSA) is 46.2 Å². The zero-order valence-electron chi connectivity index (χ0n) is 13.8. The standard InChI is InChI=1S/C19H16F3NO2S/c1-15-7-9-16(10-8-15)11-13-26(24,25)23-12-3-5-17-4-2-6-18(14-17)19(20,21)22/h2,4,6-11,13-14,23H,12H2,1H3/b13-11+. The number of nitrogens with one attached hydrogen (secondary N) is 1. The molecule has 0 saturated heterocycles. The summed E-state index contributed by atoms with van der Waals surface area (Å²) >= 11 is 0. The molecule has 0 aliphatic rings. The predicted octanol–water partition coefficient (Wildman–Crippen LogP) is 3.96. The molecule has 0 aromatic heterocycles. The fourth-order valence-electron chi connectivity index (χ4n) is 1.95. The van der Waals surface area contributed by atoms with Gasteiger partial charge in [-0.15, -0.1) is 0 Å². The molecule has 26 heavy (non-hydrogen) atoms. The van der Waals surface area contributed by atoms with Crippen molar-refractivity contribution in [3.05, 3.63) is 76.2 Å². The molecule has 0 amide bonds. The Hall–Kier alpha value is -2.56. The fraction of sp³-hybridized carbons (Fsp3) is 0.158. The van der Waals surface area contributed by atoms with Crippen molar-refractivity contribution < 1.29 is 21.6 Å². The van der Waals surface area contributed by atoms with Gasteiger partial charge in [-0.25, -0.2) is 8.42 Å². The van der Waals surface area contributed by atoms with Crippen molar-refractivity contribution in [1.82, 2.24) is 4.72 Å². The molecule has 2 aromatic carbocycles. The van der Waals surface area contributed by atoms with Crippen LogP contribution in [0.3, 0.4) is 0 Å². The summed E-state index contributed by atoms with van der Waals surface area (Å²) in [5, 5.41) is 1.02. The van der Waals surface area contributed by atoms with Crippen LogP contribution in [0.1, 0.15) is 22.3 Å². The first-order valence-electron chi connectivity index (χ1n) is 7.56. The summed E-state index contributed by atoms with van der Waals surface area (Å²) in [5.74, 6) is 5.01. The van der Waals surface area contributed by atoms with E-state index in [0.29, 0.717) is 0 Å². The van der Waals surface area contributed by atoms with Crippen molar-refractivity contribution in [2.75, 3.05) is 6.54 Å². The Bertz CT molecular complexity index is 951. The molecular formula is C19H16F3NO2S. The molecular weight excluding hydrogens is 363 g/mol. The van der Waals surface area contributed by atoms with Crippen LogP contribution in [0.5, 0.6) is 0 Å². The van der Waals surface area contributed by atoms with Gasteiger partial charge in [0.25, 0.3) is 0 Å². The summed E-state index contributed by atoms with van der Waals surface area (Å²) < 4.78 is 63.8. The van der Waals surface area contributed by atoms with Crippen molar-refractivity contribution in [1.29, 1.82) is 0 Å². The van der Waals surface area contributed by atoms with E-state index in [0.717, 1.165) is 28.7 Å². The second kappa shape index (κ2) is 8.21. The van der Waals surface area contributed by atoms with E-state index < -0.39 is 21.8 Å². The lowest BCUT2D eigenvalue weighted by Crippen LogP contribution is -2.21. The summed E-state index contributed by atoms with van der Waals surface area (Å²) in [6, 6.07) is 11.8. The van der Waals surface area contributed by atoms with Gasteiger partial charge in [-0.3, -0.25) is 0 Å². The Morgan fingerprint density at radius 1 is 1.12 bits per heavy atom. The Morgan fingerprint density at radius 3 is 2.46 bits per heavy atom. The smallest absolute Gasteiger partial charge is 0.208 e. The molecule has 0 fully saturated rings. The maximum absolute atomic E-state index is 12.6. The SMILES string of the molecule is Cc1ccc(/C=C/S(=O)(=O)NCC#Cc2cccc(C(F)(F)F)c2)cc1. The molecule has 0 bridgehead atoms. The summed E-state index contributed by atoms with van der Waals surface area (Å²) in [7, 11) is -3.69. The average molecular weight is 379 g/mol. The van der Waals surface area contributed by atoms with Gasteiger partial charge in [-0.05, 0) is 36.8 Å². The number of hydrogen-bond donors (Lipinski definition) is 1. The van der Waals surface area contributed by atoms with Gasteiger partial charge in [0.2, 0.25) is 10.0 Å². The number of halogens is 3. The Labute approximate surface area is 150 Å². The van der Waals surface area contributed by atoms with Gasteiger partial charge < -0.3 is 0 Å². The summed E-state index contributed by atoms with van der Waals surface area (Å²) in [6.45, 7) is 1.71. The molecule has 0 saturated carbocycles. The molecule has 0 atom stereocenters. The van der Waals surface area contributed by atoms with Crippen LogP contribution >= 0.6 is 0 Å². The van der Waals surface area contributed by atoms with Crippen LogP contribution in [0.25, 0.3) is 6.08 Å². The Balaban J connectivity index is 1.97. The first-order valence-corrected chi connectivity index (χ1v) is 9.11. The van der Waals surface area contributed by atoms with Crippen molar-refractivity contribution in [3.63, 3.8) is 0 Å². The third-order valence-corrected chi connectivity index (χ3v) is 4.34. The summed E-state index contributed by atoms with van der Waals surface area (Å²) in [6.07, 6.45) is -3.00. The Morgan fingerprint density at radius 2 is 1.81 bits per heavy atom. The number of hydrogen-bond acceptors (Lipinski definition) is 2. The van der Waals surface area contributed by atoms with Gasteiger partial charge >= 0.3 is 6.18 Å². The van der Waals surface area contributed by atoms with Gasteiger partial charge in [-0.1, -0.05) is 47.7 Å². The largest absolute Gasteiger partial charge is 0.416 e. The molecule has 0 spiro atoms. The number of alkyl halides is 3. The maximum atomic E-state index is 12.6. The molecule has 0 heterocycles. The molecule has 1 N–H and O–H groups in total. The molecule has 2 aromatic rings. The number of benzene rings is 2. The molecule has 0 unspecified atom stereocenters. The van der Waals surface area contributed by atoms with E-state index in [2.05, 4.69) is 16.6 Å².